The van der Waals surface area contributed by atoms with Crippen molar-refractivity contribution in [3.05, 3.63) is 70.4 Å². The normalized spacial score (nSPS) is 14.1. The van der Waals surface area contributed by atoms with E-state index in [0.717, 1.165) is 21.8 Å². The number of aromatic hydroxyl groups is 1. The van der Waals surface area contributed by atoms with Gasteiger partial charge in [0, 0.05) is 6.54 Å². The molecule has 1 aromatic heterocycles. The van der Waals surface area contributed by atoms with Crippen LogP contribution in [-0.4, -0.2) is 33.1 Å². The minimum Gasteiger partial charge on any atom is -0.492 e. The van der Waals surface area contributed by atoms with Crippen LogP contribution >= 0.6 is 0 Å². The van der Waals surface area contributed by atoms with Crippen molar-refractivity contribution in [2.45, 2.75) is 6.10 Å². The minimum atomic E-state index is -0.672. The first kappa shape index (κ1) is 16.0. The van der Waals surface area contributed by atoms with Gasteiger partial charge in [0.25, 0.3) is 0 Å². The maximum atomic E-state index is 10.2. The number of aliphatic hydroxyl groups is 1. The summed E-state index contributed by atoms with van der Waals surface area (Å²) in [5.41, 5.74) is 2.08. The van der Waals surface area contributed by atoms with Gasteiger partial charge in [0.2, 0.25) is 11.8 Å². The van der Waals surface area contributed by atoms with Crippen molar-refractivity contribution in [2.75, 3.05) is 11.9 Å². The summed E-state index contributed by atoms with van der Waals surface area (Å²) in [5.74, 6) is 0.272. The second-order valence-corrected chi connectivity index (χ2v) is 5.90. The Morgan fingerprint density at radius 3 is 2.85 bits per heavy atom. The van der Waals surface area contributed by atoms with Gasteiger partial charge >= 0.3 is 0 Å². The van der Waals surface area contributed by atoms with E-state index in [9.17, 15) is 10.2 Å². The molecule has 0 unspecified atom stereocenters. The van der Waals surface area contributed by atoms with Crippen LogP contribution in [0.1, 0.15) is 17.4 Å². The fraction of sp³-hybridized carbons (Fsp3) is 0.105. The fourth-order valence-electron chi connectivity index (χ4n) is 2.71. The summed E-state index contributed by atoms with van der Waals surface area (Å²) in [7, 11) is 0. The van der Waals surface area contributed by atoms with Crippen molar-refractivity contribution in [2.24, 2.45) is 9.98 Å². The van der Waals surface area contributed by atoms with Crippen LogP contribution in [0, 0.1) is 0 Å². The predicted molar refractivity (Wildman–Crippen MR) is 99.1 cm³/mol. The molecule has 2 aromatic carbocycles. The molecule has 7 nitrogen and oxygen atoms in total. The number of hydrogen-bond acceptors (Lipinski definition) is 6. The van der Waals surface area contributed by atoms with E-state index in [1.54, 1.807) is 6.08 Å². The summed E-state index contributed by atoms with van der Waals surface area (Å²) in [6.07, 6.45) is 2.62. The number of aliphatic imine (C=N–C) groups is 1. The highest BCUT2D eigenvalue weighted by Gasteiger charge is 2.10. The first-order valence-corrected chi connectivity index (χ1v) is 8.17. The van der Waals surface area contributed by atoms with E-state index in [-0.39, 0.29) is 12.4 Å². The zero-order valence-electron chi connectivity index (χ0n) is 13.8. The van der Waals surface area contributed by atoms with E-state index >= 15 is 0 Å². The molecule has 1 aliphatic heterocycles. The Labute approximate surface area is 149 Å². The molecule has 1 atom stereocenters. The molecule has 0 fully saturated rings. The van der Waals surface area contributed by atoms with Gasteiger partial charge < -0.3 is 20.5 Å². The van der Waals surface area contributed by atoms with Gasteiger partial charge in [-0.1, -0.05) is 36.4 Å². The van der Waals surface area contributed by atoms with Gasteiger partial charge in [-0.05, 0) is 29.0 Å². The Kier molecular flexibility index (Phi) is 4.20. The average Bonchev–Trinajstić information content (AvgIpc) is 3.27. The van der Waals surface area contributed by atoms with Gasteiger partial charge in [0.15, 0.2) is 0 Å². The summed E-state index contributed by atoms with van der Waals surface area (Å²) >= 11 is 0. The number of rotatable bonds is 5. The smallest absolute Gasteiger partial charge is 0.238 e. The van der Waals surface area contributed by atoms with Crippen LogP contribution in [0.4, 0.5) is 11.6 Å². The monoisotopic (exact) mass is 347 g/mol. The van der Waals surface area contributed by atoms with E-state index < -0.39 is 6.10 Å². The third-order valence-corrected chi connectivity index (χ3v) is 4.06. The zero-order chi connectivity index (χ0) is 17.9. The van der Waals surface area contributed by atoms with Gasteiger partial charge in [0.05, 0.1) is 17.1 Å². The van der Waals surface area contributed by atoms with Gasteiger partial charge in [-0.15, -0.1) is 0 Å². The summed E-state index contributed by atoms with van der Waals surface area (Å²) in [6, 6.07) is 15.0. The van der Waals surface area contributed by atoms with Gasteiger partial charge in [-0.25, -0.2) is 9.98 Å². The number of imidazole rings is 1. The lowest BCUT2D eigenvalue weighted by Gasteiger charge is -2.11. The Morgan fingerprint density at radius 1 is 1.15 bits per heavy atom. The number of nitrogens with zero attached hydrogens (tertiary/aromatic N) is 3. The van der Waals surface area contributed by atoms with Crippen molar-refractivity contribution in [1.82, 2.24) is 9.97 Å². The van der Waals surface area contributed by atoms with Crippen LogP contribution in [0.15, 0.2) is 58.5 Å². The number of aliphatic hydroxyl groups excluding tert-OH is 1. The molecule has 130 valence electrons. The van der Waals surface area contributed by atoms with Gasteiger partial charge in [-0.3, -0.25) is 0 Å². The Bertz CT molecular complexity index is 1070. The van der Waals surface area contributed by atoms with Crippen molar-refractivity contribution in [1.29, 1.82) is 0 Å². The van der Waals surface area contributed by atoms with E-state index in [2.05, 4.69) is 25.3 Å². The van der Waals surface area contributed by atoms with Crippen LogP contribution in [0.3, 0.4) is 0 Å². The van der Waals surface area contributed by atoms with Crippen LogP contribution in [0.5, 0.6) is 5.88 Å². The molecule has 26 heavy (non-hydrogen) atoms. The lowest BCUT2D eigenvalue weighted by atomic mass is 10.1. The number of aromatic nitrogens is 2. The average molecular weight is 347 g/mol. The molecule has 0 saturated heterocycles. The van der Waals surface area contributed by atoms with E-state index in [0.29, 0.717) is 11.6 Å². The van der Waals surface area contributed by atoms with Gasteiger partial charge in [0.1, 0.15) is 12.0 Å². The lowest BCUT2D eigenvalue weighted by molar-refractivity contribution is 0.191. The topological polar surface area (TPSA) is 106 Å². The zero-order valence-corrected chi connectivity index (χ0v) is 13.8. The summed E-state index contributed by atoms with van der Waals surface area (Å²) in [5, 5.41) is 24.9. The molecule has 4 rings (SSSR count). The molecule has 3 aromatic rings. The third-order valence-electron chi connectivity index (χ3n) is 4.06. The Hall–Kier alpha value is -3.45. The summed E-state index contributed by atoms with van der Waals surface area (Å²) in [4.78, 5) is 15.3. The Balaban J connectivity index is 1.50. The molecule has 0 radical (unpaired) electrons. The summed E-state index contributed by atoms with van der Waals surface area (Å²) < 4.78 is 0. The lowest BCUT2D eigenvalue weighted by Crippen LogP contribution is -2.12. The standard InChI is InChI=1S/C19H17N5O2/c25-17(13-4-2-1-3-5-13)10-20-19-23-16(18(26)24-19)9-12-6-7-14-15(8-12)22-11-21-14/h1-9,11,17,25-26H,10H2,(H2,20,23,24)/b12-9+/t17-/m0/s1. The highest BCUT2D eigenvalue weighted by molar-refractivity contribution is 5.67. The van der Waals surface area contributed by atoms with Crippen molar-refractivity contribution < 1.29 is 10.2 Å². The number of benzene rings is 2. The maximum absolute atomic E-state index is 10.2. The molecule has 0 bridgehead atoms. The molecule has 2 heterocycles. The second-order valence-electron chi connectivity index (χ2n) is 5.90. The first-order valence-electron chi connectivity index (χ1n) is 8.17. The quantitative estimate of drug-likeness (QED) is 0.559. The molecule has 1 aliphatic rings. The van der Waals surface area contributed by atoms with E-state index in [4.69, 9.17) is 0 Å². The fourth-order valence-corrected chi connectivity index (χ4v) is 2.71. The second kappa shape index (κ2) is 6.81. The van der Waals surface area contributed by atoms with E-state index in [1.165, 1.54) is 6.34 Å². The van der Waals surface area contributed by atoms with Gasteiger partial charge in [-0.2, -0.15) is 4.98 Å². The van der Waals surface area contributed by atoms with Crippen molar-refractivity contribution in [3.8, 4) is 5.88 Å². The van der Waals surface area contributed by atoms with Crippen LogP contribution in [-0.2, 0) is 0 Å². The molecule has 0 amide bonds. The molecule has 4 N–H and O–H groups in total. The number of nitrogens with one attached hydrogen (secondary N) is 2. The minimum absolute atomic E-state index is 0.115. The SMILES string of the molecule is Oc1nc(NC[C@H](O)c2ccccc2)[nH]c1/C=c1\ccc2c(c1)N=CN=2. The third kappa shape index (κ3) is 3.33. The number of H-pyrrole nitrogens is 1. The maximum Gasteiger partial charge on any atom is 0.238 e. The number of aromatic amines is 1. The van der Waals surface area contributed by atoms with Crippen molar-refractivity contribution in [3.63, 3.8) is 0 Å². The first-order chi connectivity index (χ1) is 12.7. The molecular weight excluding hydrogens is 330 g/mol. The van der Waals surface area contributed by atoms with Crippen molar-refractivity contribution >= 4 is 24.1 Å². The van der Waals surface area contributed by atoms with Crippen LogP contribution in [0.25, 0.3) is 6.08 Å². The summed E-state index contributed by atoms with van der Waals surface area (Å²) in [6.45, 7) is 0.269. The van der Waals surface area contributed by atoms with E-state index in [1.807, 2.05) is 48.5 Å². The molecule has 0 saturated carbocycles. The number of fused-ring (bicyclic) bond motifs is 1. The molecular formula is C19H17N5O2. The highest BCUT2D eigenvalue weighted by atomic mass is 16.3. The predicted octanol–water partition coefficient (Wildman–Crippen LogP) is 1.38. The largest absolute Gasteiger partial charge is 0.492 e. The number of hydrogen-bond donors (Lipinski definition) is 4. The Morgan fingerprint density at radius 2 is 2.00 bits per heavy atom. The van der Waals surface area contributed by atoms with Crippen LogP contribution < -0.4 is 15.9 Å². The molecule has 7 heteroatoms. The molecule has 0 aliphatic carbocycles. The van der Waals surface area contributed by atoms with Crippen LogP contribution in [0.2, 0.25) is 0 Å². The molecule has 0 spiro atoms. The number of anilines is 1. The highest BCUT2D eigenvalue weighted by Crippen LogP contribution is 2.18.